The summed E-state index contributed by atoms with van der Waals surface area (Å²) < 4.78 is 10.3. The maximum Gasteiger partial charge on any atom is 0.308 e. The van der Waals surface area contributed by atoms with Gasteiger partial charge in [0, 0.05) is 25.0 Å². The number of nitrogens with two attached hydrogens (primary N) is 1. The average molecular weight is 361 g/mol. The first-order valence-corrected chi connectivity index (χ1v) is 8.81. The van der Waals surface area contributed by atoms with Crippen molar-refractivity contribution in [2.24, 2.45) is 23.5 Å². The normalized spacial score (nSPS) is 35.8. The first-order chi connectivity index (χ1) is 11.1. The van der Waals surface area contributed by atoms with Gasteiger partial charge in [-0.05, 0) is 37.5 Å². The Morgan fingerprint density at radius 1 is 1.25 bits per heavy atom. The monoisotopic (exact) mass is 360 g/mol. The second-order valence-corrected chi connectivity index (χ2v) is 7.25. The Hall–Kier alpha value is -0.850. The third-order valence-corrected chi connectivity index (χ3v) is 5.83. The molecule has 3 unspecified atom stereocenters. The summed E-state index contributed by atoms with van der Waals surface area (Å²) >= 11 is 0. The van der Waals surface area contributed by atoms with Gasteiger partial charge in [-0.25, -0.2) is 0 Å². The molecule has 24 heavy (non-hydrogen) atoms. The molecule has 0 aromatic carbocycles. The highest BCUT2D eigenvalue weighted by molar-refractivity contribution is 5.85. The van der Waals surface area contributed by atoms with Gasteiger partial charge >= 0.3 is 5.97 Å². The molecule has 2 aliphatic carbocycles. The van der Waals surface area contributed by atoms with Crippen molar-refractivity contribution in [3.63, 3.8) is 0 Å². The minimum atomic E-state index is -0.289. The van der Waals surface area contributed by atoms with E-state index in [0.29, 0.717) is 31.5 Å². The largest absolute Gasteiger partial charge is 0.469 e. The second-order valence-electron chi connectivity index (χ2n) is 7.25. The maximum absolute atomic E-state index is 12.9. The molecular formula is C17H29ClN2O4. The Bertz CT molecular complexity index is 448. The Balaban J connectivity index is 0.00000208. The summed E-state index contributed by atoms with van der Waals surface area (Å²) in [7, 11) is 1.37. The zero-order chi connectivity index (χ0) is 16.4. The molecule has 138 valence electrons. The number of hydrogen-bond acceptors (Lipinski definition) is 5. The van der Waals surface area contributed by atoms with E-state index in [0.717, 1.165) is 25.7 Å². The van der Waals surface area contributed by atoms with E-state index in [1.165, 1.54) is 13.5 Å². The number of amides is 1. The molecule has 7 heteroatoms. The molecular weight excluding hydrogens is 332 g/mol. The van der Waals surface area contributed by atoms with E-state index in [9.17, 15) is 9.59 Å². The summed E-state index contributed by atoms with van der Waals surface area (Å²) in [6.07, 6.45) is 5.39. The van der Waals surface area contributed by atoms with Crippen LogP contribution in [0.15, 0.2) is 0 Å². The average Bonchev–Trinajstić information content (AvgIpc) is 2.54. The van der Waals surface area contributed by atoms with Crippen LogP contribution in [0, 0.1) is 17.8 Å². The third kappa shape index (κ3) is 4.21. The molecule has 0 radical (unpaired) electrons. The Labute approximate surface area is 149 Å². The molecule has 6 nitrogen and oxygen atoms in total. The van der Waals surface area contributed by atoms with Crippen LogP contribution in [0.4, 0.5) is 0 Å². The molecule has 1 saturated heterocycles. The number of esters is 1. The topological polar surface area (TPSA) is 81.9 Å². The first kappa shape index (κ1) is 19.5. The van der Waals surface area contributed by atoms with E-state index in [1.54, 1.807) is 0 Å². The summed E-state index contributed by atoms with van der Waals surface area (Å²) in [5, 5.41) is 0. The van der Waals surface area contributed by atoms with Gasteiger partial charge in [0.05, 0.1) is 26.2 Å². The summed E-state index contributed by atoms with van der Waals surface area (Å²) in [6.45, 7) is 1.60. The number of ether oxygens (including phenoxy) is 2. The van der Waals surface area contributed by atoms with Crippen LogP contribution in [0.25, 0.3) is 0 Å². The SMILES string of the molecule is COC(=O)CC1CN(C(=O)C2CC3CCCC(C2)C3N)CCO1.Cl. The highest BCUT2D eigenvalue weighted by atomic mass is 35.5. The van der Waals surface area contributed by atoms with Crippen molar-refractivity contribution in [1.29, 1.82) is 0 Å². The number of carbonyl (C=O) groups excluding carboxylic acids is 2. The lowest BCUT2D eigenvalue weighted by Crippen LogP contribution is -2.52. The highest BCUT2D eigenvalue weighted by Crippen LogP contribution is 2.42. The fourth-order valence-corrected chi connectivity index (χ4v) is 4.56. The molecule has 2 N–H and O–H groups in total. The van der Waals surface area contributed by atoms with Gasteiger partial charge in [0.15, 0.2) is 0 Å². The van der Waals surface area contributed by atoms with Crippen molar-refractivity contribution in [3.8, 4) is 0 Å². The van der Waals surface area contributed by atoms with Gasteiger partial charge in [-0.3, -0.25) is 9.59 Å². The molecule has 3 atom stereocenters. The molecule has 0 aromatic rings. The number of morpholine rings is 1. The van der Waals surface area contributed by atoms with Crippen molar-refractivity contribution in [1.82, 2.24) is 4.90 Å². The third-order valence-electron chi connectivity index (χ3n) is 5.83. The van der Waals surface area contributed by atoms with Crippen molar-refractivity contribution in [3.05, 3.63) is 0 Å². The smallest absolute Gasteiger partial charge is 0.308 e. The molecule has 1 amide bonds. The van der Waals surface area contributed by atoms with Crippen molar-refractivity contribution in [2.75, 3.05) is 26.8 Å². The highest BCUT2D eigenvalue weighted by Gasteiger charge is 2.42. The van der Waals surface area contributed by atoms with Gasteiger partial charge in [0.25, 0.3) is 0 Å². The van der Waals surface area contributed by atoms with Crippen LogP contribution in [0.1, 0.15) is 38.5 Å². The van der Waals surface area contributed by atoms with Gasteiger partial charge in [0.1, 0.15) is 0 Å². The molecule has 2 saturated carbocycles. The van der Waals surface area contributed by atoms with Gasteiger partial charge < -0.3 is 20.1 Å². The van der Waals surface area contributed by atoms with Crippen molar-refractivity contribution >= 4 is 24.3 Å². The summed E-state index contributed by atoms with van der Waals surface area (Å²) in [6, 6.07) is 0.282. The van der Waals surface area contributed by atoms with E-state index in [2.05, 4.69) is 0 Å². The van der Waals surface area contributed by atoms with Crippen molar-refractivity contribution in [2.45, 2.75) is 50.7 Å². The predicted molar refractivity (Wildman–Crippen MR) is 91.7 cm³/mol. The zero-order valence-electron chi connectivity index (χ0n) is 14.3. The van der Waals surface area contributed by atoms with E-state index in [1.807, 2.05) is 4.90 Å². The molecule has 1 heterocycles. The lowest BCUT2D eigenvalue weighted by Gasteiger charge is -2.45. The second kappa shape index (κ2) is 8.50. The summed E-state index contributed by atoms with van der Waals surface area (Å²) in [5.41, 5.74) is 6.32. The number of methoxy groups -OCH3 is 1. The minimum Gasteiger partial charge on any atom is -0.469 e. The number of nitrogens with zero attached hydrogens (tertiary/aromatic N) is 1. The minimum absolute atomic E-state index is 0. The molecule has 0 spiro atoms. The Morgan fingerprint density at radius 3 is 2.54 bits per heavy atom. The lowest BCUT2D eigenvalue weighted by molar-refractivity contribution is -0.153. The quantitative estimate of drug-likeness (QED) is 0.768. The zero-order valence-corrected chi connectivity index (χ0v) is 15.1. The number of hydrogen-bond donors (Lipinski definition) is 1. The number of halogens is 1. The van der Waals surface area contributed by atoms with Crippen LogP contribution >= 0.6 is 12.4 Å². The van der Waals surface area contributed by atoms with Crippen LogP contribution in [0.2, 0.25) is 0 Å². The van der Waals surface area contributed by atoms with E-state index in [4.69, 9.17) is 15.2 Å². The molecule has 1 aliphatic heterocycles. The lowest BCUT2D eigenvalue weighted by atomic mass is 9.65. The van der Waals surface area contributed by atoms with Crippen LogP contribution < -0.4 is 5.73 Å². The number of carbonyl (C=O) groups is 2. The first-order valence-electron chi connectivity index (χ1n) is 8.81. The predicted octanol–water partition coefficient (Wildman–Crippen LogP) is 1.35. The fraction of sp³-hybridized carbons (Fsp3) is 0.882. The van der Waals surface area contributed by atoms with Gasteiger partial charge in [-0.1, -0.05) is 6.42 Å². The molecule has 3 fully saturated rings. The van der Waals surface area contributed by atoms with Crippen molar-refractivity contribution < 1.29 is 19.1 Å². The fourth-order valence-electron chi connectivity index (χ4n) is 4.56. The van der Waals surface area contributed by atoms with E-state index >= 15 is 0 Å². The molecule has 2 bridgehead atoms. The van der Waals surface area contributed by atoms with Gasteiger partial charge in [-0.2, -0.15) is 0 Å². The maximum atomic E-state index is 12.9. The number of fused-ring (bicyclic) bond motifs is 2. The molecule has 0 aromatic heterocycles. The summed E-state index contributed by atoms with van der Waals surface area (Å²) in [4.78, 5) is 26.2. The van der Waals surface area contributed by atoms with Gasteiger partial charge in [-0.15, -0.1) is 12.4 Å². The molecule has 3 rings (SSSR count). The van der Waals surface area contributed by atoms with E-state index in [-0.39, 0.29) is 48.8 Å². The Morgan fingerprint density at radius 2 is 1.92 bits per heavy atom. The molecule has 3 aliphatic rings. The standard InChI is InChI=1S/C17H28N2O4.ClH/c1-22-15(20)9-14-10-19(5-6-23-14)17(21)13-7-11-3-2-4-12(8-13)16(11)18;/h11-14,16H,2-10,18H2,1H3;1H. The number of rotatable bonds is 3. The van der Waals surface area contributed by atoms with Crippen LogP contribution in [-0.4, -0.2) is 55.7 Å². The Kier molecular flexibility index (Phi) is 6.89. The van der Waals surface area contributed by atoms with Crippen LogP contribution in [0.5, 0.6) is 0 Å². The van der Waals surface area contributed by atoms with Gasteiger partial charge in [0.2, 0.25) is 5.91 Å². The van der Waals surface area contributed by atoms with E-state index < -0.39 is 0 Å². The van der Waals surface area contributed by atoms with Crippen LogP contribution in [-0.2, 0) is 19.1 Å². The van der Waals surface area contributed by atoms with Crippen LogP contribution in [0.3, 0.4) is 0 Å². The summed E-state index contributed by atoms with van der Waals surface area (Å²) in [5.74, 6) is 1.04.